The van der Waals surface area contributed by atoms with E-state index < -0.39 is 11.7 Å². The molecule has 1 atom stereocenters. The third kappa shape index (κ3) is 6.08. The van der Waals surface area contributed by atoms with Crippen LogP contribution in [-0.4, -0.2) is 29.8 Å². The van der Waals surface area contributed by atoms with E-state index >= 15 is 0 Å². The van der Waals surface area contributed by atoms with Gasteiger partial charge in [0.25, 0.3) is 5.91 Å². The van der Waals surface area contributed by atoms with E-state index in [-0.39, 0.29) is 17.7 Å². The number of nitrogens with zero attached hydrogens (tertiary/aromatic N) is 1. The van der Waals surface area contributed by atoms with Crippen molar-refractivity contribution in [1.82, 2.24) is 4.90 Å². The summed E-state index contributed by atoms with van der Waals surface area (Å²) in [6.07, 6.45) is -2.66. The molecule has 0 saturated carbocycles. The van der Waals surface area contributed by atoms with Crippen molar-refractivity contribution in [3.8, 4) is 11.1 Å². The van der Waals surface area contributed by atoms with Crippen molar-refractivity contribution >= 4 is 17.5 Å². The topological polar surface area (TPSA) is 75.4 Å². The van der Waals surface area contributed by atoms with Gasteiger partial charge in [-0.05, 0) is 66.4 Å². The first-order chi connectivity index (χ1) is 16.7. The molecule has 0 radical (unpaired) electrons. The molecule has 1 aliphatic rings. The second kappa shape index (κ2) is 10.3. The van der Waals surface area contributed by atoms with Gasteiger partial charge in [0.05, 0.1) is 11.5 Å². The lowest BCUT2D eigenvalue weighted by Crippen LogP contribution is -2.40. The van der Waals surface area contributed by atoms with Gasteiger partial charge in [0.2, 0.25) is 5.91 Å². The number of hydrogen-bond acceptors (Lipinski definition) is 3. The van der Waals surface area contributed by atoms with E-state index in [0.717, 1.165) is 37.1 Å². The van der Waals surface area contributed by atoms with E-state index in [1.165, 1.54) is 12.1 Å². The number of nitrogens with two attached hydrogens (primary N) is 1. The molecule has 3 aromatic carbocycles. The number of carbonyl (C=O) groups excluding carboxylic acids is 2. The molecule has 3 N–H and O–H groups in total. The summed E-state index contributed by atoms with van der Waals surface area (Å²) < 4.78 is 38.7. The van der Waals surface area contributed by atoms with Gasteiger partial charge in [-0.15, -0.1) is 0 Å². The fourth-order valence-corrected chi connectivity index (χ4v) is 4.35. The summed E-state index contributed by atoms with van der Waals surface area (Å²) in [5.74, 6) is -0.732. The molecular weight excluding hydrogens is 455 g/mol. The van der Waals surface area contributed by atoms with Crippen LogP contribution < -0.4 is 11.1 Å². The van der Waals surface area contributed by atoms with Crippen LogP contribution in [0.3, 0.4) is 0 Å². The Bertz CT molecular complexity index is 1190. The number of nitrogens with one attached hydrogen (secondary N) is 1. The lowest BCUT2D eigenvalue weighted by Gasteiger charge is -2.31. The zero-order valence-corrected chi connectivity index (χ0v) is 19.0. The maximum atomic E-state index is 13.0. The molecule has 0 spiro atoms. The number of rotatable bonds is 6. The van der Waals surface area contributed by atoms with Gasteiger partial charge in [-0.2, -0.15) is 13.2 Å². The molecule has 1 saturated heterocycles. The number of amides is 2. The minimum Gasteiger partial charge on any atom is -0.369 e. The van der Waals surface area contributed by atoms with Gasteiger partial charge >= 0.3 is 6.18 Å². The number of anilines is 1. The summed E-state index contributed by atoms with van der Waals surface area (Å²) in [4.78, 5) is 26.7. The largest absolute Gasteiger partial charge is 0.416 e. The average Bonchev–Trinajstić information content (AvgIpc) is 2.85. The van der Waals surface area contributed by atoms with Crippen LogP contribution in [0.25, 0.3) is 11.1 Å². The molecule has 4 rings (SSSR count). The summed E-state index contributed by atoms with van der Waals surface area (Å²) in [6, 6.07) is 19.0. The van der Waals surface area contributed by atoms with Crippen LogP contribution >= 0.6 is 0 Å². The lowest BCUT2D eigenvalue weighted by molar-refractivity contribution is -0.137. The van der Waals surface area contributed by atoms with Crippen LogP contribution in [0.4, 0.5) is 18.9 Å². The number of hydrogen-bond donors (Lipinski definition) is 2. The van der Waals surface area contributed by atoms with Crippen molar-refractivity contribution in [2.45, 2.75) is 25.6 Å². The molecule has 0 unspecified atom stereocenters. The first-order valence-corrected chi connectivity index (χ1v) is 11.4. The Balaban J connectivity index is 1.44. The van der Waals surface area contributed by atoms with E-state index in [0.29, 0.717) is 35.5 Å². The second-order valence-electron chi connectivity index (χ2n) is 8.75. The molecule has 3 aromatic rings. The maximum absolute atomic E-state index is 13.0. The molecule has 0 bridgehead atoms. The van der Waals surface area contributed by atoms with Crippen molar-refractivity contribution < 1.29 is 22.8 Å². The summed E-state index contributed by atoms with van der Waals surface area (Å²) in [5.41, 5.74) is 7.81. The van der Waals surface area contributed by atoms with Crippen molar-refractivity contribution in [1.29, 1.82) is 0 Å². The number of halogens is 3. The molecule has 1 fully saturated rings. The molecule has 0 aliphatic carbocycles. The minimum absolute atomic E-state index is 0.118. The predicted octanol–water partition coefficient (Wildman–Crippen LogP) is 5.32. The molecule has 2 amide bonds. The highest BCUT2D eigenvalue weighted by Gasteiger charge is 2.30. The van der Waals surface area contributed by atoms with Crippen molar-refractivity contribution in [2.24, 2.45) is 11.7 Å². The van der Waals surface area contributed by atoms with Crippen molar-refractivity contribution in [3.05, 3.63) is 89.5 Å². The van der Waals surface area contributed by atoms with Gasteiger partial charge in [-0.25, -0.2) is 0 Å². The van der Waals surface area contributed by atoms with E-state index in [2.05, 4.69) is 10.2 Å². The fourth-order valence-electron chi connectivity index (χ4n) is 4.35. The highest BCUT2D eigenvalue weighted by Crippen LogP contribution is 2.32. The molecule has 8 heteroatoms. The SMILES string of the molecule is NC(=O)[C@@H]1CCCN(Cc2ccc(NC(=O)c3ccccc3-c3ccc(C(F)(F)F)cc3)cc2)C1. The standard InChI is InChI=1S/C27H26F3N3O2/c28-27(29,30)21-11-9-19(10-12-21)23-5-1-2-6-24(23)26(35)32-22-13-7-18(8-14-22)16-33-15-3-4-20(17-33)25(31)34/h1-2,5-14,20H,3-4,15-17H2,(H2,31,34)(H,32,35)/t20-/m1/s1. The molecular formula is C27H26F3N3O2. The Morgan fingerprint density at radius 2 is 1.66 bits per heavy atom. The van der Waals surface area contributed by atoms with E-state index in [1.807, 2.05) is 24.3 Å². The highest BCUT2D eigenvalue weighted by atomic mass is 19.4. The Kier molecular flexibility index (Phi) is 7.21. The van der Waals surface area contributed by atoms with Crippen LogP contribution in [0.5, 0.6) is 0 Å². The zero-order chi connectivity index (χ0) is 25.0. The lowest BCUT2D eigenvalue weighted by atomic mass is 9.97. The third-order valence-electron chi connectivity index (χ3n) is 6.22. The number of benzene rings is 3. The first kappa shape index (κ1) is 24.5. The normalized spacial score (nSPS) is 16.6. The molecule has 35 heavy (non-hydrogen) atoms. The van der Waals surface area contributed by atoms with Gasteiger partial charge in [0.1, 0.15) is 0 Å². The van der Waals surface area contributed by atoms with E-state index in [9.17, 15) is 22.8 Å². The van der Waals surface area contributed by atoms with Gasteiger partial charge < -0.3 is 11.1 Å². The van der Waals surface area contributed by atoms with Crippen LogP contribution in [0.15, 0.2) is 72.8 Å². The summed E-state index contributed by atoms with van der Waals surface area (Å²) >= 11 is 0. The molecule has 5 nitrogen and oxygen atoms in total. The predicted molar refractivity (Wildman–Crippen MR) is 128 cm³/mol. The third-order valence-corrected chi connectivity index (χ3v) is 6.22. The Morgan fingerprint density at radius 1 is 0.971 bits per heavy atom. The quantitative estimate of drug-likeness (QED) is 0.500. The van der Waals surface area contributed by atoms with Crippen LogP contribution in [0.1, 0.15) is 34.3 Å². The monoisotopic (exact) mass is 481 g/mol. The minimum atomic E-state index is -4.42. The molecule has 0 aromatic heterocycles. The Morgan fingerprint density at radius 3 is 2.31 bits per heavy atom. The average molecular weight is 482 g/mol. The number of likely N-dealkylation sites (tertiary alicyclic amines) is 1. The number of primary amides is 1. The van der Waals surface area contributed by atoms with Crippen molar-refractivity contribution in [3.63, 3.8) is 0 Å². The highest BCUT2D eigenvalue weighted by molar-refractivity contribution is 6.08. The summed E-state index contributed by atoms with van der Waals surface area (Å²) in [5, 5.41) is 2.86. The Hall–Kier alpha value is -3.65. The van der Waals surface area contributed by atoms with E-state index in [4.69, 9.17) is 5.73 Å². The number of piperidine rings is 1. The van der Waals surface area contributed by atoms with Gasteiger partial charge in [0, 0.05) is 24.3 Å². The zero-order valence-electron chi connectivity index (χ0n) is 19.0. The molecule has 1 aliphatic heterocycles. The Labute approximate surface area is 201 Å². The van der Waals surface area contributed by atoms with E-state index in [1.54, 1.807) is 24.3 Å². The summed E-state index contributed by atoms with van der Waals surface area (Å²) in [7, 11) is 0. The van der Waals surface area contributed by atoms with Gasteiger partial charge in [-0.1, -0.05) is 42.5 Å². The number of alkyl halides is 3. The van der Waals surface area contributed by atoms with Crippen LogP contribution in [-0.2, 0) is 17.5 Å². The number of carbonyl (C=O) groups is 2. The van der Waals surface area contributed by atoms with Crippen molar-refractivity contribution in [2.75, 3.05) is 18.4 Å². The smallest absolute Gasteiger partial charge is 0.369 e. The van der Waals surface area contributed by atoms with Gasteiger partial charge in [0.15, 0.2) is 0 Å². The van der Waals surface area contributed by atoms with Crippen LogP contribution in [0, 0.1) is 5.92 Å². The summed E-state index contributed by atoms with van der Waals surface area (Å²) in [6.45, 7) is 2.24. The van der Waals surface area contributed by atoms with Gasteiger partial charge in [-0.3, -0.25) is 14.5 Å². The molecule has 182 valence electrons. The second-order valence-corrected chi connectivity index (χ2v) is 8.75. The fraction of sp³-hybridized carbons (Fsp3) is 0.259. The van der Waals surface area contributed by atoms with Crippen LogP contribution in [0.2, 0.25) is 0 Å². The maximum Gasteiger partial charge on any atom is 0.416 e. The first-order valence-electron chi connectivity index (χ1n) is 11.4. The molecule has 1 heterocycles.